The van der Waals surface area contributed by atoms with Crippen LogP contribution < -0.4 is 0 Å². The predicted octanol–water partition coefficient (Wildman–Crippen LogP) is 2.87. The van der Waals surface area contributed by atoms with Gasteiger partial charge in [-0.15, -0.1) is 0 Å². The molecule has 2 saturated heterocycles. The molecule has 2 fully saturated rings. The Labute approximate surface area is 166 Å². The van der Waals surface area contributed by atoms with Gasteiger partial charge in [-0.3, -0.25) is 9.88 Å². The van der Waals surface area contributed by atoms with Crippen LogP contribution in [0.15, 0.2) is 47.5 Å². The number of nitriles is 1. The van der Waals surface area contributed by atoms with E-state index < -0.39 is 10.0 Å². The summed E-state index contributed by atoms with van der Waals surface area (Å²) in [4.78, 5) is 7.04. The average Bonchev–Trinajstić information content (AvgIpc) is 3.26. The van der Waals surface area contributed by atoms with Crippen LogP contribution in [0.5, 0.6) is 0 Å². The third kappa shape index (κ3) is 3.81. The standard InChI is InChI=1S/C21H24N4O2S/c22-14-17-4-6-18(7-5-17)21-9-8-20(15-23-21)28(26,27)25-13-10-19(16-25)24-11-2-1-3-12-24/h4-9,15,19H,1-3,10-13,16H2. The van der Waals surface area contributed by atoms with Gasteiger partial charge in [0.25, 0.3) is 0 Å². The first-order valence-corrected chi connectivity index (χ1v) is 11.2. The fourth-order valence-electron chi connectivity index (χ4n) is 4.08. The number of rotatable bonds is 4. The van der Waals surface area contributed by atoms with Crippen molar-refractivity contribution in [1.82, 2.24) is 14.2 Å². The highest BCUT2D eigenvalue weighted by molar-refractivity contribution is 7.89. The van der Waals surface area contributed by atoms with Crippen LogP contribution >= 0.6 is 0 Å². The Morgan fingerprint density at radius 3 is 2.39 bits per heavy atom. The van der Waals surface area contributed by atoms with Crippen molar-refractivity contribution in [2.24, 2.45) is 0 Å². The smallest absolute Gasteiger partial charge is 0.244 e. The van der Waals surface area contributed by atoms with Crippen LogP contribution in [0, 0.1) is 11.3 Å². The molecule has 6 nitrogen and oxygen atoms in total. The van der Waals surface area contributed by atoms with E-state index in [9.17, 15) is 8.42 Å². The van der Waals surface area contributed by atoms with Gasteiger partial charge in [-0.05, 0) is 56.6 Å². The van der Waals surface area contributed by atoms with Crippen LogP contribution in [0.1, 0.15) is 31.2 Å². The Balaban J connectivity index is 1.47. The van der Waals surface area contributed by atoms with Crippen molar-refractivity contribution in [3.63, 3.8) is 0 Å². The Bertz CT molecular complexity index is 959. The van der Waals surface area contributed by atoms with Gasteiger partial charge in [0, 0.05) is 30.9 Å². The van der Waals surface area contributed by atoms with E-state index in [1.165, 1.54) is 25.5 Å². The topological polar surface area (TPSA) is 77.3 Å². The number of nitrogens with zero attached hydrogens (tertiary/aromatic N) is 4. The Kier molecular flexibility index (Phi) is 5.44. The molecule has 0 saturated carbocycles. The van der Waals surface area contributed by atoms with Gasteiger partial charge in [-0.2, -0.15) is 9.57 Å². The normalized spacial score (nSPS) is 21.5. The number of piperidine rings is 1. The number of pyridine rings is 1. The number of sulfonamides is 1. The van der Waals surface area contributed by atoms with Gasteiger partial charge in [-0.1, -0.05) is 18.6 Å². The summed E-state index contributed by atoms with van der Waals surface area (Å²) in [5.41, 5.74) is 2.13. The quantitative estimate of drug-likeness (QED) is 0.794. The molecule has 0 radical (unpaired) electrons. The van der Waals surface area contributed by atoms with Crippen LogP contribution in [0.4, 0.5) is 0 Å². The zero-order valence-electron chi connectivity index (χ0n) is 15.8. The minimum Gasteiger partial charge on any atom is -0.299 e. The van der Waals surface area contributed by atoms with Crippen molar-refractivity contribution >= 4 is 10.0 Å². The van der Waals surface area contributed by atoms with Gasteiger partial charge in [0.1, 0.15) is 4.90 Å². The molecule has 0 aliphatic carbocycles. The Morgan fingerprint density at radius 1 is 1.00 bits per heavy atom. The molecule has 0 spiro atoms. The summed E-state index contributed by atoms with van der Waals surface area (Å²) in [5, 5.41) is 8.89. The molecule has 0 bridgehead atoms. The van der Waals surface area contributed by atoms with Gasteiger partial charge in [-0.25, -0.2) is 8.42 Å². The minimum atomic E-state index is -3.52. The highest BCUT2D eigenvalue weighted by Gasteiger charge is 2.35. The molecule has 2 aromatic rings. The molecule has 2 aliphatic heterocycles. The van der Waals surface area contributed by atoms with E-state index in [2.05, 4.69) is 16.0 Å². The lowest BCUT2D eigenvalue weighted by atomic mass is 10.1. The molecule has 1 unspecified atom stereocenters. The first-order chi connectivity index (χ1) is 13.6. The molecular formula is C21H24N4O2S. The first kappa shape index (κ1) is 19.1. The van der Waals surface area contributed by atoms with E-state index in [0.29, 0.717) is 30.4 Å². The van der Waals surface area contributed by atoms with Crippen molar-refractivity contribution < 1.29 is 8.42 Å². The number of hydrogen-bond acceptors (Lipinski definition) is 5. The van der Waals surface area contributed by atoms with E-state index in [0.717, 1.165) is 25.1 Å². The predicted molar refractivity (Wildman–Crippen MR) is 107 cm³/mol. The fraction of sp³-hybridized carbons (Fsp3) is 0.429. The SMILES string of the molecule is N#Cc1ccc(-c2ccc(S(=O)(=O)N3CCC(N4CCCCC4)C3)cn2)cc1. The van der Waals surface area contributed by atoms with Gasteiger partial charge < -0.3 is 0 Å². The summed E-state index contributed by atoms with van der Waals surface area (Å²) in [6, 6.07) is 12.9. The maximum absolute atomic E-state index is 13.0. The molecule has 0 amide bonds. The molecule has 146 valence electrons. The second-order valence-electron chi connectivity index (χ2n) is 7.47. The summed E-state index contributed by atoms with van der Waals surface area (Å²) >= 11 is 0. The zero-order valence-corrected chi connectivity index (χ0v) is 16.6. The van der Waals surface area contributed by atoms with Crippen molar-refractivity contribution in [3.05, 3.63) is 48.2 Å². The molecule has 28 heavy (non-hydrogen) atoms. The Hall–Kier alpha value is -2.27. The average molecular weight is 397 g/mol. The van der Waals surface area contributed by atoms with Crippen molar-refractivity contribution in [2.75, 3.05) is 26.2 Å². The maximum Gasteiger partial charge on any atom is 0.244 e. The lowest BCUT2D eigenvalue weighted by Crippen LogP contribution is -2.41. The van der Waals surface area contributed by atoms with Crippen LogP contribution in [0.3, 0.4) is 0 Å². The molecular weight excluding hydrogens is 372 g/mol. The number of aromatic nitrogens is 1. The third-order valence-electron chi connectivity index (χ3n) is 5.72. The molecule has 4 rings (SSSR count). The van der Waals surface area contributed by atoms with E-state index in [1.807, 2.05) is 12.1 Å². The fourth-order valence-corrected chi connectivity index (χ4v) is 5.52. The van der Waals surface area contributed by atoms with Crippen LogP contribution in [-0.2, 0) is 10.0 Å². The summed E-state index contributed by atoms with van der Waals surface area (Å²) in [7, 11) is -3.52. The second kappa shape index (κ2) is 8.00. The largest absolute Gasteiger partial charge is 0.299 e. The number of hydrogen-bond donors (Lipinski definition) is 0. The highest BCUT2D eigenvalue weighted by Crippen LogP contribution is 2.26. The maximum atomic E-state index is 13.0. The molecule has 1 atom stereocenters. The summed E-state index contributed by atoms with van der Waals surface area (Å²) in [6.45, 7) is 3.30. The molecule has 3 heterocycles. The summed E-state index contributed by atoms with van der Waals surface area (Å²) < 4.78 is 27.7. The van der Waals surface area contributed by atoms with E-state index in [1.54, 1.807) is 28.6 Å². The van der Waals surface area contributed by atoms with Crippen molar-refractivity contribution in [3.8, 4) is 17.3 Å². The van der Waals surface area contributed by atoms with Crippen LogP contribution in [0.2, 0.25) is 0 Å². The van der Waals surface area contributed by atoms with Gasteiger partial charge in [0.15, 0.2) is 0 Å². The molecule has 2 aliphatic rings. The zero-order chi connectivity index (χ0) is 19.6. The molecule has 0 N–H and O–H groups in total. The van der Waals surface area contributed by atoms with E-state index in [-0.39, 0.29) is 4.90 Å². The van der Waals surface area contributed by atoms with E-state index in [4.69, 9.17) is 5.26 Å². The van der Waals surface area contributed by atoms with Crippen molar-refractivity contribution in [1.29, 1.82) is 5.26 Å². The van der Waals surface area contributed by atoms with Gasteiger partial charge in [0.2, 0.25) is 10.0 Å². The summed E-state index contributed by atoms with van der Waals surface area (Å²) in [5.74, 6) is 0. The van der Waals surface area contributed by atoms with Gasteiger partial charge >= 0.3 is 0 Å². The summed E-state index contributed by atoms with van der Waals surface area (Å²) in [6.07, 6.45) is 6.05. The van der Waals surface area contributed by atoms with E-state index >= 15 is 0 Å². The van der Waals surface area contributed by atoms with Crippen LogP contribution in [-0.4, -0.2) is 54.8 Å². The molecule has 1 aromatic heterocycles. The second-order valence-corrected chi connectivity index (χ2v) is 9.41. The molecule has 7 heteroatoms. The van der Waals surface area contributed by atoms with Gasteiger partial charge in [0.05, 0.1) is 17.3 Å². The first-order valence-electron chi connectivity index (χ1n) is 9.79. The third-order valence-corrected chi connectivity index (χ3v) is 7.57. The van der Waals surface area contributed by atoms with Crippen molar-refractivity contribution in [2.45, 2.75) is 36.6 Å². The monoisotopic (exact) mass is 396 g/mol. The van der Waals surface area contributed by atoms with Crippen LogP contribution in [0.25, 0.3) is 11.3 Å². The lowest BCUT2D eigenvalue weighted by Gasteiger charge is -2.32. The number of benzene rings is 1. The lowest BCUT2D eigenvalue weighted by molar-refractivity contribution is 0.169. The minimum absolute atomic E-state index is 0.240. The highest BCUT2D eigenvalue weighted by atomic mass is 32.2. The molecule has 1 aromatic carbocycles. The number of likely N-dealkylation sites (tertiary alicyclic amines) is 1. The Morgan fingerprint density at radius 2 is 1.75 bits per heavy atom.